The Labute approximate surface area is 156 Å². The molecule has 0 atom stereocenters. The first kappa shape index (κ1) is 16.6. The number of amides is 1. The number of carbonyl (C=O) groups is 1. The van der Waals surface area contributed by atoms with Crippen LogP contribution in [0.3, 0.4) is 0 Å². The van der Waals surface area contributed by atoms with Gasteiger partial charge in [0.2, 0.25) is 0 Å². The van der Waals surface area contributed by atoms with E-state index in [9.17, 15) is 4.79 Å². The summed E-state index contributed by atoms with van der Waals surface area (Å²) in [5, 5.41) is 8.93. The number of rotatable bonds is 4. The zero-order valence-electron chi connectivity index (χ0n) is 14.1. The maximum Gasteiger partial charge on any atom is 0.275 e. The van der Waals surface area contributed by atoms with E-state index in [1.165, 1.54) is 0 Å². The molecule has 5 nitrogen and oxygen atoms in total. The highest BCUT2D eigenvalue weighted by Crippen LogP contribution is 2.23. The molecule has 1 aliphatic rings. The minimum absolute atomic E-state index is 0.240. The molecule has 4 rings (SSSR count). The van der Waals surface area contributed by atoms with Gasteiger partial charge in [0.1, 0.15) is 5.69 Å². The average molecular weight is 362 g/mol. The fourth-order valence-electron chi connectivity index (χ4n) is 2.79. The van der Waals surface area contributed by atoms with E-state index in [0.29, 0.717) is 11.3 Å². The standard InChI is InChI=1S/C20H18N4OS/c25-20(22-21-16-11-12-26-14-16)18-13-24(17-9-5-2-6-10-17)23-19(18)15-7-3-1-4-8-15/h1-10,13H,11-12,14H2,(H,22,25)/b21-16+. The maximum absolute atomic E-state index is 12.8. The van der Waals surface area contributed by atoms with Crippen LogP contribution in [0.2, 0.25) is 0 Å². The number of benzene rings is 2. The van der Waals surface area contributed by atoms with Crippen LogP contribution in [-0.2, 0) is 0 Å². The molecule has 1 fully saturated rings. The average Bonchev–Trinajstić information content (AvgIpc) is 3.37. The molecule has 1 aliphatic heterocycles. The lowest BCUT2D eigenvalue weighted by Gasteiger charge is -2.02. The number of hydrogen-bond donors (Lipinski definition) is 1. The summed E-state index contributed by atoms with van der Waals surface area (Å²) < 4.78 is 1.73. The van der Waals surface area contributed by atoms with Crippen molar-refractivity contribution in [1.82, 2.24) is 15.2 Å². The summed E-state index contributed by atoms with van der Waals surface area (Å²) in [6.07, 6.45) is 2.69. The van der Waals surface area contributed by atoms with E-state index in [-0.39, 0.29) is 5.91 Å². The van der Waals surface area contributed by atoms with Crippen molar-refractivity contribution in [3.05, 3.63) is 72.4 Å². The van der Waals surface area contributed by atoms with E-state index in [2.05, 4.69) is 15.6 Å². The van der Waals surface area contributed by atoms with Crippen molar-refractivity contribution in [2.45, 2.75) is 6.42 Å². The largest absolute Gasteiger partial charge is 0.275 e. The summed E-state index contributed by atoms with van der Waals surface area (Å²) in [6, 6.07) is 19.5. The van der Waals surface area contributed by atoms with E-state index in [1.807, 2.05) is 72.4 Å². The van der Waals surface area contributed by atoms with Crippen LogP contribution in [0.15, 0.2) is 72.0 Å². The van der Waals surface area contributed by atoms with Gasteiger partial charge in [0, 0.05) is 23.2 Å². The molecule has 6 heteroatoms. The van der Waals surface area contributed by atoms with Gasteiger partial charge in [0.15, 0.2) is 0 Å². The molecule has 1 amide bonds. The molecule has 0 aliphatic carbocycles. The quantitative estimate of drug-likeness (QED) is 0.719. The predicted molar refractivity (Wildman–Crippen MR) is 106 cm³/mol. The highest BCUT2D eigenvalue weighted by atomic mass is 32.2. The second-order valence-electron chi connectivity index (χ2n) is 5.96. The maximum atomic E-state index is 12.8. The first-order valence-corrected chi connectivity index (χ1v) is 9.61. The highest BCUT2D eigenvalue weighted by molar-refractivity contribution is 8.00. The van der Waals surface area contributed by atoms with Crippen molar-refractivity contribution in [2.24, 2.45) is 5.10 Å². The van der Waals surface area contributed by atoms with E-state index in [4.69, 9.17) is 0 Å². The lowest BCUT2D eigenvalue weighted by molar-refractivity contribution is 0.0955. The molecule has 0 saturated carbocycles. The number of carbonyl (C=O) groups excluding carboxylic acids is 1. The topological polar surface area (TPSA) is 59.3 Å². The van der Waals surface area contributed by atoms with Gasteiger partial charge in [0.25, 0.3) is 5.91 Å². The molecule has 2 heterocycles. The van der Waals surface area contributed by atoms with Gasteiger partial charge in [0.05, 0.1) is 11.3 Å². The molecule has 0 radical (unpaired) electrons. The van der Waals surface area contributed by atoms with Crippen LogP contribution in [-0.4, -0.2) is 32.9 Å². The normalized spacial score (nSPS) is 15.3. The minimum atomic E-state index is -0.240. The smallest absolute Gasteiger partial charge is 0.267 e. The molecule has 1 saturated heterocycles. The lowest BCUT2D eigenvalue weighted by atomic mass is 10.1. The lowest BCUT2D eigenvalue weighted by Crippen LogP contribution is -2.20. The van der Waals surface area contributed by atoms with Gasteiger partial charge < -0.3 is 0 Å². The Morgan fingerprint density at radius 3 is 2.50 bits per heavy atom. The molecular formula is C20H18N4OS. The van der Waals surface area contributed by atoms with Gasteiger partial charge in [-0.15, -0.1) is 0 Å². The zero-order valence-corrected chi connectivity index (χ0v) is 14.9. The third kappa shape index (κ3) is 3.55. The predicted octanol–water partition coefficient (Wildman–Crippen LogP) is 3.76. The first-order valence-electron chi connectivity index (χ1n) is 8.45. The van der Waals surface area contributed by atoms with Crippen molar-refractivity contribution in [1.29, 1.82) is 0 Å². The number of hydrazone groups is 1. The Morgan fingerprint density at radius 1 is 1.08 bits per heavy atom. The number of para-hydroxylation sites is 1. The molecule has 0 unspecified atom stereocenters. The second-order valence-corrected chi connectivity index (χ2v) is 7.06. The van der Waals surface area contributed by atoms with Crippen molar-refractivity contribution >= 4 is 23.4 Å². The summed E-state index contributed by atoms with van der Waals surface area (Å²) in [5.41, 5.74) is 6.69. The van der Waals surface area contributed by atoms with Gasteiger partial charge in [-0.25, -0.2) is 10.1 Å². The number of thioether (sulfide) groups is 1. The van der Waals surface area contributed by atoms with Crippen LogP contribution in [0.5, 0.6) is 0 Å². The molecule has 0 spiro atoms. The molecule has 3 aromatic rings. The van der Waals surface area contributed by atoms with E-state index in [0.717, 1.165) is 34.9 Å². The summed E-state index contributed by atoms with van der Waals surface area (Å²) in [7, 11) is 0. The zero-order chi connectivity index (χ0) is 17.8. The van der Waals surface area contributed by atoms with E-state index in [1.54, 1.807) is 10.9 Å². The molecule has 2 aromatic carbocycles. The van der Waals surface area contributed by atoms with Crippen LogP contribution in [0, 0.1) is 0 Å². The number of nitrogens with zero attached hydrogens (tertiary/aromatic N) is 3. The van der Waals surface area contributed by atoms with Gasteiger partial charge >= 0.3 is 0 Å². The Hall–Kier alpha value is -2.86. The number of aromatic nitrogens is 2. The number of nitrogens with one attached hydrogen (secondary N) is 1. The van der Waals surface area contributed by atoms with Crippen molar-refractivity contribution in [3.8, 4) is 16.9 Å². The van der Waals surface area contributed by atoms with Gasteiger partial charge in [-0.1, -0.05) is 48.5 Å². The van der Waals surface area contributed by atoms with Crippen molar-refractivity contribution in [3.63, 3.8) is 0 Å². The summed E-state index contributed by atoms with van der Waals surface area (Å²) >= 11 is 1.83. The van der Waals surface area contributed by atoms with Crippen LogP contribution >= 0.6 is 11.8 Å². The van der Waals surface area contributed by atoms with Crippen LogP contribution in [0.1, 0.15) is 16.8 Å². The Bertz CT molecular complexity index is 927. The molecule has 1 N–H and O–H groups in total. The fraction of sp³-hybridized carbons (Fsp3) is 0.150. The molecule has 1 aromatic heterocycles. The SMILES string of the molecule is O=C(N/N=C1\CCSC1)c1cn(-c2ccccc2)nc1-c1ccccc1. The summed E-state index contributed by atoms with van der Waals surface area (Å²) in [5.74, 6) is 1.71. The molecular weight excluding hydrogens is 344 g/mol. The summed E-state index contributed by atoms with van der Waals surface area (Å²) in [6.45, 7) is 0. The Kier molecular flexibility index (Phi) is 4.84. The molecule has 26 heavy (non-hydrogen) atoms. The van der Waals surface area contributed by atoms with Crippen LogP contribution in [0.4, 0.5) is 0 Å². The van der Waals surface area contributed by atoms with Gasteiger partial charge in [-0.05, 0) is 24.3 Å². The van der Waals surface area contributed by atoms with Crippen LogP contribution < -0.4 is 5.43 Å². The Morgan fingerprint density at radius 2 is 1.81 bits per heavy atom. The van der Waals surface area contributed by atoms with Crippen molar-refractivity contribution < 1.29 is 4.79 Å². The monoisotopic (exact) mass is 362 g/mol. The molecule has 0 bridgehead atoms. The highest BCUT2D eigenvalue weighted by Gasteiger charge is 2.19. The van der Waals surface area contributed by atoms with Gasteiger partial charge in [-0.3, -0.25) is 4.79 Å². The van der Waals surface area contributed by atoms with Crippen LogP contribution in [0.25, 0.3) is 16.9 Å². The second kappa shape index (κ2) is 7.58. The third-order valence-electron chi connectivity index (χ3n) is 4.15. The first-order chi connectivity index (χ1) is 12.8. The number of hydrogen-bond acceptors (Lipinski definition) is 4. The molecule has 130 valence electrons. The fourth-order valence-corrected chi connectivity index (χ4v) is 3.76. The minimum Gasteiger partial charge on any atom is -0.267 e. The Balaban J connectivity index is 1.70. The third-order valence-corrected chi connectivity index (χ3v) is 5.18. The van der Waals surface area contributed by atoms with E-state index < -0.39 is 0 Å². The van der Waals surface area contributed by atoms with Gasteiger partial charge in [-0.2, -0.15) is 22.0 Å². The van der Waals surface area contributed by atoms with E-state index >= 15 is 0 Å². The van der Waals surface area contributed by atoms with Crippen molar-refractivity contribution in [2.75, 3.05) is 11.5 Å². The summed E-state index contributed by atoms with van der Waals surface area (Å²) in [4.78, 5) is 12.8.